The van der Waals surface area contributed by atoms with Gasteiger partial charge >= 0.3 is 0 Å². The Bertz CT molecular complexity index is 495. The molecule has 2 rings (SSSR count). The van der Waals surface area contributed by atoms with E-state index in [0.717, 1.165) is 11.1 Å². The van der Waals surface area contributed by atoms with Crippen LogP contribution in [0.3, 0.4) is 0 Å². The summed E-state index contributed by atoms with van der Waals surface area (Å²) in [4.78, 5) is 0. The van der Waals surface area contributed by atoms with Gasteiger partial charge in [0.2, 0.25) is 0 Å². The highest BCUT2D eigenvalue weighted by Crippen LogP contribution is 2.32. The van der Waals surface area contributed by atoms with Gasteiger partial charge in [0.15, 0.2) is 0 Å². The van der Waals surface area contributed by atoms with E-state index in [4.69, 9.17) is 23.2 Å². The van der Waals surface area contributed by atoms with E-state index in [1.165, 1.54) is 0 Å². The molecule has 0 radical (unpaired) electrons. The number of phenolic OH excluding ortho intramolecular Hbond substituents is 1. The summed E-state index contributed by atoms with van der Waals surface area (Å²) in [7, 11) is 0. The average molecular weight is 239 g/mol. The minimum Gasteiger partial charge on any atom is -0.506 e. The Morgan fingerprint density at radius 3 is 2.27 bits per heavy atom. The Kier molecular flexibility index (Phi) is 2.85. The molecule has 2 aromatic rings. The van der Waals surface area contributed by atoms with Crippen molar-refractivity contribution in [1.29, 1.82) is 0 Å². The molecular formula is C12H8Cl2O. The molecule has 76 valence electrons. The van der Waals surface area contributed by atoms with Crippen LogP contribution in [0.1, 0.15) is 0 Å². The number of halogens is 2. The molecule has 0 amide bonds. The molecule has 0 fully saturated rings. The zero-order valence-electron chi connectivity index (χ0n) is 7.74. The number of aromatic hydroxyl groups is 1. The third-order valence-electron chi connectivity index (χ3n) is 2.13. The van der Waals surface area contributed by atoms with Crippen molar-refractivity contribution in [3.05, 3.63) is 52.5 Å². The van der Waals surface area contributed by atoms with E-state index < -0.39 is 0 Å². The molecule has 0 aliphatic carbocycles. The van der Waals surface area contributed by atoms with Gasteiger partial charge in [-0.3, -0.25) is 0 Å². The summed E-state index contributed by atoms with van der Waals surface area (Å²) in [6.07, 6.45) is 0. The van der Waals surface area contributed by atoms with Gasteiger partial charge in [-0.1, -0.05) is 47.5 Å². The molecule has 0 aliphatic heterocycles. The van der Waals surface area contributed by atoms with E-state index >= 15 is 0 Å². The molecule has 1 N–H and O–H groups in total. The maximum Gasteiger partial charge on any atom is 0.134 e. The molecule has 15 heavy (non-hydrogen) atoms. The third kappa shape index (κ3) is 2.09. The fourth-order valence-electron chi connectivity index (χ4n) is 1.37. The first-order valence-corrected chi connectivity index (χ1v) is 5.17. The predicted molar refractivity (Wildman–Crippen MR) is 63.6 cm³/mol. The Labute approximate surface area is 97.9 Å². The van der Waals surface area contributed by atoms with Gasteiger partial charge in [-0.15, -0.1) is 0 Å². The number of rotatable bonds is 1. The molecule has 0 bridgehead atoms. The van der Waals surface area contributed by atoms with Gasteiger partial charge in [0.1, 0.15) is 5.75 Å². The van der Waals surface area contributed by atoms with Crippen LogP contribution in [0.2, 0.25) is 10.0 Å². The van der Waals surface area contributed by atoms with Crippen molar-refractivity contribution in [1.82, 2.24) is 0 Å². The lowest BCUT2D eigenvalue weighted by atomic mass is 10.1. The Morgan fingerprint density at radius 1 is 0.867 bits per heavy atom. The maximum absolute atomic E-state index is 9.29. The summed E-state index contributed by atoms with van der Waals surface area (Å²) in [5, 5.41) is 10.3. The van der Waals surface area contributed by atoms with E-state index in [2.05, 4.69) is 0 Å². The normalized spacial score (nSPS) is 10.3. The first kappa shape index (κ1) is 10.3. The maximum atomic E-state index is 9.29. The Balaban J connectivity index is 2.55. The van der Waals surface area contributed by atoms with Gasteiger partial charge in [0.25, 0.3) is 0 Å². The predicted octanol–water partition coefficient (Wildman–Crippen LogP) is 4.37. The lowest BCUT2D eigenvalue weighted by Gasteiger charge is -2.05. The van der Waals surface area contributed by atoms with Gasteiger partial charge in [0, 0.05) is 10.6 Å². The highest BCUT2D eigenvalue weighted by molar-refractivity contribution is 6.34. The summed E-state index contributed by atoms with van der Waals surface area (Å²) in [5.41, 5.74) is 1.80. The molecule has 3 heteroatoms. The highest BCUT2D eigenvalue weighted by atomic mass is 35.5. The summed E-state index contributed by atoms with van der Waals surface area (Å²) in [6.45, 7) is 0. The fraction of sp³-hybridized carbons (Fsp3) is 0. The van der Waals surface area contributed by atoms with E-state index in [1.807, 2.05) is 24.3 Å². The molecule has 2 aromatic carbocycles. The average Bonchev–Trinajstić information content (AvgIpc) is 2.23. The first-order chi connectivity index (χ1) is 7.18. The number of phenols is 1. The van der Waals surface area contributed by atoms with Crippen LogP contribution in [0, 0.1) is 0 Å². The zero-order chi connectivity index (χ0) is 10.8. The van der Waals surface area contributed by atoms with E-state index in [9.17, 15) is 5.11 Å². The number of hydrogen-bond donors (Lipinski definition) is 1. The van der Waals surface area contributed by atoms with Crippen molar-refractivity contribution in [3.63, 3.8) is 0 Å². The molecule has 0 saturated carbocycles. The van der Waals surface area contributed by atoms with Gasteiger partial charge in [-0.05, 0) is 23.8 Å². The van der Waals surface area contributed by atoms with Crippen molar-refractivity contribution >= 4 is 23.2 Å². The quantitative estimate of drug-likeness (QED) is 0.783. The molecule has 0 aromatic heterocycles. The zero-order valence-corrected chi connectivity index (χ0v) is 9.26. The number of benzene rings is 2. The molecule has 0 aliphatic rings. The molecule has 0 saturated heterocycles. The van der Waals surface area contributed by atoms with E-state index in [0.29, 0.717) is 10.0 Å². The fourth-order valence-corrected chi connectivity index (χ4v) is 1.80. The second kappa shape index (κ2) is 4.13. The summed E-state index contributed by atoms with van der Waals surface area (Å²) >= 11 is 11.9. The van der Waals surface area contributed by atoms with Crippen LogP contribution in [0.25, 0.3) is 11.1 Å². The third-order valence-corrected chi connectivity index (χ3v) is 2.76. The topological polar surface area (TPSA) is 20.2 Å². The Hall–Kier alpha value is -1.18. The lowest BCUT2D eigenvalue weighted by molar-refractivity contribution is 0.475. The summed E-state index contributed by atoms with van der Waals surface area (Å²) in [6, 6.07) is 12.5. The van der Waals surface area contributed by atoms with Gasteiger partial charge in [-0.25, -0.2) is 0 Å². The largest absolute Gasteiger partial charge is 0.506 e. The van der Waals surface area contributed by atoms with Gasteiger partial charge in [0.05, 0.1) is 5.02 Å². The van der Waals surface area contributed by atoms with Crippen LogP contribution < -0.4 is 0 Å². The summed E-state index contributed by atoms with van der Waals surface area (Å²) in [5.74, 6) is 0.0764. The van der Waals surface area contributed by atoms with Crippen LogP contribution in [0.15, 0.2) is 42.5 Å². The monoisotopic (exact) mass is 238 g/mol. The van der Waals surface area contributed by atoms with Crippen LogP contribution in [0.4, 0.5) is 0 Å². The van der Waals surface area contributed by atoms with Crippen LogP contribution in [0.5, 0.6) is 5.75 Å². The van der Waals surface area contributed by atoms with E-state index in [1.54, 1.807) is 18.2 Å². The minimum absolute atomic E-state index is 0.0764. The molecular weight excluding hydrogens is 231 g/mol. The second-order valence-corrected chi connectivity index (χ2v) is 3.96. The highest BCUT2D eigenvalue weighted by Gasteiger charge is 2.05. The molecule has 0 unspecified atom stereocenters. The molecule has 1 nitrogen and oxygen atoms in total. The second-order valence-electron chi connectivity index (χ2n) is 3.15. The van der Waals surface area contributed by atoms with E-state index in [-0.39, 0.29) is 5.75 Å². The molecule has 0 atom stereocenters. The molecule has 0 spiro atoms. The van der Waals surface area contributed by atoms with Crippen molar-refractivity contribution in [3.8, 4) is 16.9 Å². The Morgan fingerprint density at radius 2 is 1.60 bits per heavy atom. The smallest absolute Gasteiger partial charge is 0.134 e. The van der Waals surface area contributed by atoms with Crippen LogP contribution >= 0.6 is 23.2 Å². The lowest BCUT2D eigenvalue weighted by Crippen LogP contribution is -1.79. The standard InChI is InChI=1S/C12H8Cl2O/c13-10-4-2-1-3-9(10)8-5-6-12(15)11(14)7-8/h1-7,15H. The van der Waals surface area contributed by atoms with Crippen molar-refractivity contribution in [2.45, 2.75) is 0 Å². The van der Waals surface area contributed by atoms with Gasteiger partial charge < -0.3 is 5.11 Å². The van der Waals surface area contributed by atoms with Crippen LogP contribution in [-0.4, -0.2) is 5.11 Å². The van der Waals surface area contributed by atoms with Crippen molar-refractivity contribution in [2.24, 2.45) is 0 Å². The van der Waals surface area contributed by atoms with Crippen molar-refractivity contribution < 1.29 is 5.11 Å². The number of hydrogen-bond acceptors (Lipinski definition) is 1. The van der Waals surface area contributed by atoms with Crippen LogP contribution in [-0.2, 0) is 0 Å². The minimum atomic E-state index is 0.0764. The first-order valence-electron chi connectivity index (χ1n) is 4.42. The molecule has 0 heterocycles. The van der Waals surface area contributed by atoms with Crippen molar-refractivity contribution in [2.75, 3.05) is 0 Å². The summed E-state index contributed by atoms with van der Waals surface area (Å²) < 4.78 is 0. The SMILES string of the molecule is Oc1ccc(-c2ccccc2Cl)cc1Cl. The van der Waals surface area contributed by atoms with Gasteiger partial charge in [-0.2, -0.15) is 0 Å².